The van der Waals surface area contributed by atoms with Gasteiger partial charge in [-0.05, 0) is 0 Å². The molecule has 8 heteroatoms. The van der Waals surface area contributed by atoms with Gasteiger partial charge in [0.15, 0.2) is 11.0 Å². The number of nitrogens with one attached hydrogen (secondary N) is 2. The summed E-state index contributed by atoms with van der Waals surface area (Å²) in [5.74, 6) is 0.00937. The Morgan fingerprint density at radius 2 is 2.07 bits per heavy atom. The molecule has 1 aromatic heterocycles. The van der Waals surface area contributed by atoms with Gasteiger partial charge in [0.1, 0.15) is 0 Å². The van der Waals surface area contributed by atoms with Crippen LogP contribution in [-0.4, -0.2) is 24.9 Å². The van der Waals surface area contributed by atoms with E-state index in [9.17, 15) is 8.42 Å². The van der Waals surface area contributed by atoms with Gasteiger partial charge in [-0.25, -0.2) is 9.97 Å². The number of nitrogens with zero attached hydrogens (tertiary/aromatic N) is 2. The van der Waals surface area contributed by atoms with Crippen LogP contribution in [0.1, 0.15) is 6.92 Å². The highest BCUT2D eigenvalue weighted by molar-refractivity contribution is 7.90. The third kappa shape index (κ3) is 3.09. The lowest BCUT2D eigenvalue weighted by Crippen LogP contribution is -2.30. The molecule has 0 saturated heterocycles. The van der Waals surface area contributed by atoms with Gasteiger partial charge in [-0.2, -0.15) is 13.1 Å². The zero-order chi connectivity index (χ0) is 10.6. The smallest absolute Gasteiger partial charge is 0.252 e. The summed E-state index contributed by atoms with van der Waals surface area (Å²) in [6.07, 6.45) is 2.71. The Hall–Kier alpha value is -0.920. The molecule has 1 aromatic rings. The predicted octanol–water partition coefficient (Wildman–Crippen LogP) is 0.396. The number of halogens is 1. The Balaban J connectivity index is 2.84. The van der Waals surface area contributed by atoms with Crippen LogP contribution in [0.4, 0.5) is 5.82 Å². The summed E-state index contributed by atoms with van der Waals surface area (Å²) in [5, 5.41) is 0.00831. The van der Waals surface area contributed by atoms with Crippen molar-refractivity contribution in [2.75, 3.05) is 11.3 Å². The molecule has 1 rings (SSSR count). The van der Waals surface area contributed by atoms with Crippen LogP contribution in [0.2, 0.25) is 5.15 Å². The Bertz CT molecular complexity index is 408. The molecule has 1 heterocycles. The third-order valence-corrected chi connectivity index (χ3v) is 2.63. The fourth-order valence-electron chi connectivity index (χ4n) is 0.743. The van der Waals surface area contributed by atoms with Gasteiger partial charge < -0.3 is 0 Å². The summed E-state index contributed by atoms with van der Waals surface area (Å²) in [4.78, 5) is 7.39. The van der Waals surface area contributed by atoms with Crippen LogP contribution >= 0.6 is 11.6 Å². The highest BCUT2D eigenvalue weighted by atomic mass is 35.5. The molecule has 0 radical (unpaired) electrons. The van der Waals surface area contributed by atoms with Crippen LogP contribution in [0.5, 0.6) is 0 Å². The first-order chi connectivity index (χ1) is 6.55. The van der Waals surface area contributed by atoms with Crippen molar-refractivity contribution in [2.24, 2.45) is 0 Å². The largest absolute Gasteiger partial charge is 0.300 e. The molecular formula is C6H9ClN4O2S. The Morgan fingerprint density at radius 1 is 1.43 bits per heavy atom. The van der Waals surface area contributed by atoms with Crippen molar-refractivity contribution in [1.82, 2.24) is 14.7 Å². The van der Waals surface area contributed by atoms with Crippen molar-refractivity contribution >= 4 is 27.6 Å². The van der Waals surface area contributed by atoms with E-state index in [0.29, 0.717) is 0 Å². The van der Waals surface area contributed by atoms with Crippen LogP contribution < -0.4 is 9.44 Å². The van der Waals surface area contributed by atoms with Crippen molar-refractivity contribution in [2.45, 2.75) is 6.92 Å². The van der Waals surface area contributed by atoms with E-state index in [2.05, 4.69) is 19.4 Å². The van der Waals surface area contributed by atoms with Gasteiger partial charge in [-0.15, -0.1) is 0 Å². The molecule has 0 unspecified atom stereocenters. The molecule has 0 aromatic carbocycles. The minimum absolute atomic E-state index is 0.00831. The molecule has 0 fully saturated rings. The summed E-state index contributed by atoms with van der Waals surface area (Å²) in [5.41, 5.74) is 0. The third-order valence-electron chi connectivity index (χ3n) is 1.22. The van der Waals surface area contributed by atoms with Gasteiger partial charge >= 0.3 is 0 Å². The molecule has 14 heavy (non-hydrogen) atoms. The summed E-state index contributed by atoms with van der Waals surface area (Å²) in [6, 6.07) is 0. The van der Waals surface area contributed by atoms with E-state index in [4.69, 9.17) is 11.6 Å². The maximum Gasteiger partial charge on any atom is 0.300 e. The monoisotopic (exact) mass is 236 g/mol. The molecule has 0 spiro atoms. The molecule has 78 valence electrons. The highest BCUT2D eigenvalue weighted by Crippen LogP contribution is 2.14. The van der Waals surface area contributed by atoms with E-state index in [0.717, 1.165) is 0 Å². The van der Waals surface area contributed by atoms with Crippen molar-refractivity contribution in [3.8, 4) is 0 Å². The van der Waals surface area contributed by atoms with E-state index >= 15 is 0 Å². The van der Waals surface area contributed by atoms with E-state index < -0.39 is 10.2 Å². The van der Waals surface area contributed by atoms with E-state index in [1.807, 2.05) is 0 Å². The van der Waals surface area contributed by atoms with Gasteiger partial charge in [-0.1, -0.05) is 18.5 Å². The summed E-state index contributed by atoms with van der Waals surface area (Å²) >= 11 is 5.60. The number of anilines is 1. The molecule has 2 N–H and O–H groups in total. The second-order valence-electron chi connectivity index (χ2n) is 2.30. The van der Waals surface area contributed by atoms with Gasteiger partial charge in [-0.3, -0.25) is 4.72 Å². The average Bonchev–Trinajstić information content (AvgIpc) is 2.08. The second kappa shape index (κ2) is 4.54. The molecule has 6 nitrogen and oxygen atoms in total. The normalized spacial score (nSPS) is 11.3. The lowest BCUT2D eigenvalue weighted by molar-refractivity contribution is 0.589. The first kappa shape index (κ1) is 11.2. The molecule has 0 aliphatic heterocycles. The van der Waals surface area contributed by atoms with Crippen molar-refractivity contribution in [1.29, 1.82) is 0 Å². The van der Waals surface area contributed by atoms with E-state index in [1.54, 1.807) is 6.92 Å². The van der Waals surface area contributed by atoms with Crippen LogP contribution in [0.3, 0.4) is 0 Å². The minimum atomic E-state index is -3.59. The Morgan fingerprint density at radius 3 is 2.64 bits per heavy atom. The number of rotatable bonds is 4. The van der Waals surface area contributed by atoms with E-state index in [-0.39, 0.29) is 17.5 Å². The molecule has 0 saturated carbocycles. The second-order valence-corrected chi connectivity index (χ2v) is 4.16. The maximum atomic E-state index is 11.2. The zero-order valence-electron chi connectivity index (χ0n) is 7.36. The predicted molar refractivity (Wildman–Crippen MR) is 53.3 cm³/mol. The number of hydrogen-bond donors (Lipinski definition) is 2. The minimum Gasteiger partial charge on any atom is -0.252 e. The number of aromatic nitrogens is 2. The van der Waals surface area contributed by atoms with Crippen molar-refractivity contribution in [3.05, 3.63) is 17.5 Å². The molecular weight excluding hydrogens is 228 g/mol. The van der Waals surface area contributed by atoms with Crippen LogP contribution in [0.15, 0.2) is 12.4 Å². The Labute approximate surface area is 86.9 Å². The van der Waals surface area contributed by atoms with Crippen LogP contribution in [0.25, 0.3) is 0 Å². The molecule has 0 aliphatic rings. The van der Waals surface area contributed by atoms with Gasteiger partial charge in [0, 0.05) is 18.9 Å². The molecule has 0 amide bonds. The molecule has 0 atom stereocenters. The van der Waals surface area contributed by atoms with Crippen LogP contribution in [-0.2, 0) is 10.2 Å². The summed E-state index contributed by atoms with van der Waals surface area (Å²) in [6.45, 7) is 1.95. The van der Waals surface area contributed by atoms with E-state index in [1.165, 1.54) is 12.4 Å². The van der Waals surface area contributed by atoms with Gasteiger partial charge in [0.05, 0.1) is 0 Å². The van der Waals surface area contributed by atoms with Crippen molar-refractivity contribution in [3.63, 3.8) is 0 Å². The first-order valence-corrected chi connectivity index (χ1v) is 5.65. The number of hydrogen-bond acceptors (Lipinski definition) is 4. The zero-order valence-corrected chi connectivity index (χ0v) is 8.93. The van der Waals surface area contributed by atoms with Gasteiger partial charge in [0.2, 0.25) is 0 Å². The lowest BCUT2D eigenvalue weighted by atomic mass is 10.7. The quantitative estimate of drug-likeness (QED) is 0.793. The highest BCUT2D eigenvalue weighted by Gasteiger charge is 2.11. The SMILES string of the molecule is CCNS(=O)(=O)Nc1nccnc1Cl. The average molecular weight is 237 g/mol. The summed E-state index contributed by atoms with van der Waals surface area (Å²) < 4.78 is 26.8. The van der Waals surface area contributed by atoms with Crippen molar-refractivity contribution < 1.29 is 8.42 Å². The fraction of sp³-hybridized carbons (Fsp3) is 0.333. The molecule has 0 aliphatic carbocycles. The standard InChI is InChI=1S/C6H9ClN4O2S/c1-2-10-14(12,13)11-6-5(7)8-3-4-9-6/h3-4,10H,2H2,1H3,(H,9,11). The fourth-order valence-corrected chi connectivity index (χ4v) is 1.81. The van der Waals surface area contributed by atoms with Crippen LogP contribution in [0, 0.1) is 0 Å². The summed E-state index contributed by atoms with van der Waals surface area (Å²) in [7, 11) is -3.59. The van der Waals surface area contributed by atoms with Gasteiger partial charge in [0.25, 0.3) is 10.2 Å². The first-order valence-electron chi connectivity index (χ1n) is 3.79. The topological polar surface area (TPSA) is 84.0 Å². The lowest BCUT2D eigenvalue weighted by Gasteiger charge is -2.06. The Kier molecular flexibility index (Phi) is 3.62. The maximum absolute atomic E-state index is 11.2. The molecule has 0 bridgehead atoms.